The van der Waals surface area contributed by atoms with E-state index in [1.54, 1.807) is 12.3 Å². The van der Waals surface area contributed by atoms with Crippen molar-refractivity contribution in [2.75, 3.05) is 39.3 Å². The predicted octanol–water partition coefficient (Wildman–Crippen LogP) is 1.49. The first-order chi connectivity index (χ1) is 11.8. The fraction of sp³-hybridized carbons (Fsp3) is 0.500. The summed E-state index contributed by atoms with van der Waals surface area (Å²) in [5.41, 5.74) is 1.96. The lowest BCUT2D eigenvalue weighted by Crippen LogP contribution is -2.50. The number of benzene rings is 1. The van der Waals surface area contributed by atoms with Crippen LogP contribution in [0.15, 0.2) is 36.7 Å². The second-order valence-electron chi connectivity index (χ2n) is 6.68. The van der Waals surface area contributed by atoms with Crippen LogP contribution in [-0.2, 0) is 6.54 Å². The van der Waals surface area contributed by atoms with Crippen molar-refractivity contribution in [2.24, 2.45) is 0 Å². The average molecular weight is 329 g/mol. The van der Waals surface area contributed by atoms with Crippen molar-refractivity contribution in [2.45, 2.75) is 19.0 Å². The average Bonchev–Trinajstić information content (AvgIpc) is 3.30. The summed E-state index contributed by atoms with van der Waals surface area (Å²) >= 11 is 0. The molecule has 6 heteroatoms. The third-order valence-corrected chi connectivity index (χ3v) is 5.14. The second-order valence-corrected chi connectivity index (χ2v) is 6.68. The highest BCUT2D eigenvalue weighted by Gasteiger charge is 2.26. The summed E-state index contributed by atoms with van der Waals surface area (Å²) in [4.78, 5) is 5.01. The maximum absolute atomic E-state index is 13.7. The zero-order chi connectivity index (χ0) is 16.4. The van der Waals surface area contributed by atoms with Gasteiger partial charge in [-0.1, -0.05) is 0 Å². The second kappa shape index (κ2) is 7.01. The van der Waals surface area contributed by atoms with Crippen molar-refractivity contribution >= 4 is 0 Å². The molecule has 0 bridgehead atoms. The first-order valence-corrected chi connectivity index (χ1v) is 8.75. The van der Waals surface area contributed by atoms with Crippen LogP contribution in [0.1, 0.15) is 12.0 Å². The maximum Gasteiger partial charge on any atom is 0.123 e. The predicted molar refractivity (Wildman–Crippen MR) is 91.6 cm³/mol. The molecule has 0 unspecified atom stereocenters. The van der Waals surface area contributed by atoms with Gasteiger partial charge in [0.05, 0.1) is 5.69 Å². The first kappa shape index (κ1) is 15.7. The summed E-state index contributed by atoms with van der Waals surface area (Å²) < 4.78 is 15.6. The minimum atomic E-state index is -0.184. The van der Waals surface area contributed by atoms with Crippen LogP contribution >= 0.6 is 0 Å². The van der Waals surface area contributed by atoms with Crippen molar-refractivity contribution in [3.05, 3.63) is 48.0 Å². The Labute approximate surface area is 142 Å². The van der Waals surface area contributed by atoms with E-state index in [0.29, 0.717) is 6.04 Å². The Morgan fingerprint density at radius 2 is 2.08 bits per heavy atom. The molecule has 1 N–H and O–H groups in total. The maximum atomic E-state index is 13.7. The molecule has 2 fully saturated rings. The van der Waals surface area contributed by atoms with E-state index < -0.39 is 0 Å². The zero-order valence-corrected chi connectivity index (χ0v) is 13.9. The van der Waals surface area contributed by atoms with Gasteiger partial charge < -0.3 is 5.32 Å². The van der Waals surface area contributed by atoms with Crippen LogP contribution in [0.2, 0.25) is 0 Å². The molecule has 2 aliphatic heterocycles. The van der Waals surface area contributed by atoms with Crippen molar-refractivity contribution in [1.82, 2.24) is 24.9 Å². The van der Waals surface area contributed by atoms with Gasteiger partial charge >= 0.3 is 0 Å². The molecule has 0 radical (unpaired) electrons. The van der Waals surface area contributed by atoms with Crippen LogP contribution in [0.5, 0.6) is 0 Å². The lowest BCUT2D eigenvalue weighted by molar-refractivity contribution is 0.0980. The molecule has 0 aliphatic carbocycles. The number of nitrogens with one attached hydrogen (secondary N) is 1. The molecule has 2 aromatic rings. The molecule has 3 heterocycles. The molecule has 5 nitrogen and oxygen atoms in total. The molecule has 2 aliphatic rings. The van der Waals surface area contributed by atoms with Gasteiger partial charge in [-0.15, -0.1) is 0 Å². The van der Waals surface area contributed by atoms with Crippen LogP contribution in [0.25, 0.3) is 5.69 Å². The van der Waals surface area contributed by atoms with Crippen LogP contribution < -0.4 is 5.32 Å². The van der Waals surface area contributed by atoms with Crippen molar-refractivity contribution in [3.63, 3.8) is 0 Å². The monoisotopic (exact) mass is 329 g/mol. The van der Waals surface area contributed by atoms with E-state index in [9.17, 15) is 4.39 Å². The van der Waals surface area contributed by atoms with Gasteiger partial charge in [0.2, 0.25) is 0 Å². The lowest BCUT2D eigenvalue weighted by atomic mass is 10.1. The Balaban J connectivity index is 1.43. The first-order valence-electron chi connectivity index (χ1n) is 8.75. The van der Waals surface area contributed by atoms with Crippen LogP contribution in [0.4, 0.5) is 4.39 Å². The largest absolute Gasteiger partial charge is 0.315 e. The highest BCUT2D eigenvalue weighted by molar-refractivity contribution is 5.40. The van der Waals surface area contributed by atoms with Crippen LogP contribution in [-0.4, -0.2) is 64.9 Å². The number of piperazine rings is 1. The van der Waals surface area contributed by atoms with E-state index in [1.165, 1.54) is 12.5 Å². The quantitative estimate of drug-likeness (QED) is 0.922. The van der Waals surface area contributed by atoms with Gasteiger partial charge in [-0.2, -0.15) is 5.10 Å². The minimum absolute atomic E-state index is 0.184. The molecule has 1 aromatic heterocycles. The van der Waals surface area contributed by atoms with Gasteiger partial charge in [0.25, 0.3) is 0 Å². The van der Waals surface area contributed by atoms with E-state index in [1.807, 2.05) is 23.0 Å². The van der Waals surface area contributed by atoms with E-state index in [-0.39, 0.29) is 5.82 Å². The van der Waals surface area contributed by atoms with Crippen LogP contribution in [0, 0.1) is 5.82 Å². The van der Waals surface area contributed by atoms with Gasteiger partial charge in [-0.25, -0.2) is 9.07 Å². The summed E-state index contributed by atoms with van der Waals surface area (Å²) in [6.07, 6.45) is 4.91. The Hall–Kier alpha value is -1.76. The third-order valence-electron chi connectivity index (χ3n) is 5.14. The van der Waals surface area contributed by atoms with E-state index in [0.717, 1.165) is 57.1 Å². The Morgan fingerprint density at radius 1 is 1.21 bits per heavy atom. The van der Waals surface area contributed by atoms with E-state index in [4.69, 9.17) is 0 Å². The molecule has 128 valence electrons. The highest BCUT2D eigenvalue weighted by atomic mass is 19.1. The number of nitrogens with zero attached hydrogens (tertiary/aromatic N) is 4. The Bertz CT molecular complexity index is 658. The normalized spacial score (nSPS) is 23.0. The molecule has 0 saturated carbocycles. The molecule has 0 spiro atoms. The molecule has 1 atom stereocenters. The van der Waals surface area contributed by atoms with Gasteiger partial charge in [0.1, 0.15) is 5.82 Å². The van der Waals surface area contributed by atoms with Crippen molar-refractivity contribution in [3.8, 4) is 5.69 Å². The summed E-state index contributed by atoms with van der Waals surface area (Å²) in [6.45, 7) is 7.28. The Kier molecular flexibility index (Phi) is 4.60. The number of aromatic nitrogens is 2. The lowest BCUT2D eigenvalue weighted by Gasteiger charge is -2.38. The Morgan fingerprint density at radius 3 is 2.79 bits per heavy atom. The summed E-state index contributed by atoms with van der Waals surface area (Å²) in [6, 6.07) is 7.55. The summed E-state index contributed by atoms with van der Waals surface area (Å²) in [7, 11) is 0. The zero-order valence-electron chi connectivity index (χ0n) is 13.9. The molecular formula is C18H24FN5. The third kappa shape index (κ3) is 3.36. The van der Waals surface area contributed by atoms with Crippen LogP contribution in [0.3, 0.4) is 0 Å². The van der Waals surface area contributed by atoms with Gasteiger partial charge in [-0.3, -0.25) is 9.80 Å². The molecular weight excluding hydrogens is 305 g/mol. The topological polar surface area (TPSA) is 36.3 Å². The molecule has 24 heavy (non-hydrogen) atoms. The molecule has 2 saturated heterocycles. The SMILES string of the molecule is Fc1ccc(-n2cccn2)c(CN2CCN([C@H]3CCNC3)CC2)c1. The molecule has 0 amide bonds. The fourth-order valence-electron chi connectivity index (χ4n) is 3.79. The van der Waals surface area contributed by atoms with Crippen molar-refractivity contribution < 1.29 is 4.39 Å². The number of hydrogen-bond acceptors (Lipinski definition) is 4. The van der Waals surface area contributed by atoms with Gasteiger partial charge in [0.15, 0.2) is 0 Å². The number of hydrogen-bond donors (Lipinski definition) is 1. The fourth-order valence-corrected chi connectivity index (χ4v) is 3.79. The standard InChI is InChI=1S/C18H24FN5/c19-16-2-3-18(24-7-1-5-21-24)15(12-16)14-22-8-10-23(11-9-22)17-4-6-20-13-17/h1-3,5,7,12,17,20H,4,6,8-11,13-14H2/t17-/m0/s1. The van der Waals surface area contributed by atoms with E-state index >= 15 is 0 Å². The van der Waals surface area contributed by atoms with Gasteiger partial charge in [-0.05, 0) is 42.8 Å². The molecule has 1 aromatic carbocycles. The van der Waals surface area contributed by atoms with E-state index in [2.05, 4.69) is 20.2 Å². The smallest absolute Gasteiger partial charge is 0.123 e. The van der Waals surface area contributed by atoms with Crippen molar-refractivity contribution in [1.29, 1.82) is 0 Å². The number of halogens is 1. The molecule has 4 rings (SSSR count). The summed E-state index contributed by atoms with van der Waals surface area (Å²) in [5, 5.41) is 7.74. The minimum Gasteiger partial charge on any atom is -0.315 e. The van der Waals surface area contributed by atoms with Gasteiger partial charge in [0, 0.05) is 57.7 Å². The highest BCUT2D eigenvalue weighted by Crippen LogP contribution is 2.19. The number of rotatable bonds is 4. The summed E-state index contributed by atoms with van der Waals surface area (Å²) in [5.74, 6) is -0.184.